The molecule has 0 saturated heterocycles. The number of hydrogen-bond acceptors (Lipinski definition) is 5. The average Bonchev–Trinajstić information content (AvgIpc) is 2.86. The molecule has 0 aliphatic heterocycles. The third kappa shape index (κ3) is 3.32. The minimum absolute atomic E-state index is 0.0204. The predicted octanol–water partition coefficient (Wildman–Crippen LogP) is 2.01. The van der Waals surface area contributed by atoms with Crippen molar-refractivity contribution in [2.24, 2.45) is 5.92 Å². The standard InChI is InChI=1S/C13H20N2O4/c1-8(18-2)7-11-14-12(19-15-11)9-5-3-4-6-10(9)13(16)17/h8-10H,3-7H2,1-2H3,(H,16,17). The Balaban J connectivity index is 2.09. The Labute approximate surface area is 112 Å². The van der Waals surface area contributed by atoms with Crippen molar-refractivity contribution in [3.63, 3.8) is 0 Å². The number of carbonyl (C=O) groups is 1. The van der Waals surface area contributed by atoms with Gasteiger partial charge in [0.05, 0.1) is 17.9 Å². The van der Waals surface area contributed by atoms with Gasteiger partial charge < -0.3 is 14.4 Å². The predicted molar refractivity (Wildman–Crippen MR) is 66.8 cm³/mol. The Kier molecular flexibility index (Phi) is 4.52. The molecular formula is C13H20N2O4. The third-order valence-electron chi connectivity index (χ3n) is 3.76. The highest BCUT2D eigenvalue weighted by molar-refractivity contribution is 5.71. The van der Waals surface area contributed by atoms with E-state index in [4.69, 9.17) is 9.26 Å². The molecule has 0 aromatic carbocycles. The molecule has 1 N–H and O–H groups in total. The lowest BCUT2D eigenvalue weighted by atomic mass is 9.79. The van der Waals surface area contributed by atoms with Gasteiger partial charge in [0, 0.05) is 13.5 Å². The number of nitrogens with zero attached hydrogens (tertiary/aromatic N) is 2. The van der Waals surface area contributed by atoms with Gasteiger partial charge in [-0.3, -0.25) is 4.79 Å². The normalized spacial score (nSPS) is 25.2. The number of ether oxygens (including phenoxy) is 1. The molecule has 6 heteroatoms. The van der Waals surface area contributed by atoms with E-state index in [1.807, 2.05) is 6.92 Å². The van der Waals surface area contributed by atoms with Crippen molar-refractivity contribution in [2.75, 3.05) is 7.11 Å². The first-order valence-corrected chi connectivity index (χ1v) is 6.70. The van der Waals surface area contributed by atoms with Gasteiger partial charge in [-0.15, -0.1) is 0 Å². The highest BCUT2D eigenvalue weighted by Gasteiger charge is 2.35. The quantitative estimate of drug-likeness (QED) is 0.879. The molecule has 1 aromatic heterocycles. The van der Waals surface area contributed by atoms with Crippen LogP contribution < -0.4 is 0 Å². The number of rotatable bonds is 5. The van der Waals surface area contributed by atoms with Crippen molar-refractivity contribution in [1.29, 1.82) is 0 Å². The zero-order chi connectivity index (χ0) is 13.8. The lowest BCUT2D eigenvalue weighted by molar-refractivity contribution is -0.143. The van der Waals surface area contributed by atoms with Gasteiger partial charge in [0.2, 0.25) is 5.89 Å². The zero-order valence-electron chi connectivity index (χ0n) is 11.3. The highest BCUT2D eigenvalue weighted by atomic mass is 16.5. The Bertz CT molecular complexity index is 432. The first kappa shape index (κ1) is 14.0. The van der Waals surface area contributed by atoms with Crippen LogP contribution in [-0.4, -0.2) is 34.4 Å². The van der Waals surface area contributed by atoms with Crippen molar-refractivity contribution in [1.82, 2.24) is 10.1 Å². The van der Waals surface area contributed by atoms with Crippen LogP contribution in [0.3, 0.4) is 0 Å². The summed E-state index contributed by atoms with van der Waals surface area (Å²) in [6.45, 7) is 1.93. The minimum atomic E-state index is -0.769. The molecule has 1 heterocycles. The number of aromatic nitrogens is 2. The van der Waals surface area contributed by atoms with Gasteiger partial charge >= 0.3 is 5.97 Å². The number of hydrogen-bond donors (Lipinski definition) is 1. The number of carboxylic acids is 1. The fraction of sp³-hybridized carbons (Fsp3) is 0.769. The fourth-order valence-electron chi connectivity index (χ4n) is 2.56. The molecule has 0 spiro atoms. The van der Waals surface area contributed by atoms with E-state index >= 15 is 0 Å². The van der Waals surface area contributed by atoms with Crippen LogP contribution in [0.5, 0.6) is 0 Å². The fourth-order valence-corrected chi connectivity index (χ4v) is 2.56. The summed E-state index contributed by atoms with van der Waals surface area (Å²) in [5.41, 5.74) is 0. The molecule has 1 aromatic rings. The molecule has 0 bridgehead atoms. The van der Waals surface area contributed by atoms with Crippen LogP contribution in [0.4, 0.5) is 0 Å². The lowest BCUT2D eigenvalue weighted by Crippen LogP contribution is -2.25. The molecule has 2 rings (SSSR count). The summed E-state index contributed by atoms with van der Waals surface area (Å²) < 4.78 is 10.4. The molecule has 106 valence electrons. The van der Waals surface area contributed by atoms with Crippen LogP contribution in [0.15, 0.2) is 4.52 Å². The number of methoxy groups -OCH3 is 1. The first-order chi connectivity index (χ1) is 9.11. The van der Waals surface area contributed by atoms with E-state index in [1.54, 1.807) is 7.11 Å². The summed E-state index contributed by atoms with van der Waals surface area (Å²) >= 11 is 0. The summed E-state index contributed by atoms with van der Waals surface area (Å²) in [4.78, 5) is 15.6. The molecular weight excluding hydrogens is 248 g/mol. The van der Waals surface area contributed by atoms with Gasteiger partial charge in [0.1, 0.15) is 0 Å². The monoisotopic (exact) mass is 268 g/mol. The van der Waals surface area contributed by atoms with E-state index < -0.39 is 11.9 Å². The SMILES string of the molecule is COC(C)Cc1noc(C2CCCCC2C(=O)O)n1. The summed E-state index contributed by atoms with van der Waals surface area (Å²) in [6, 6.07) is 0. The third-order valence-corrected chi connectivity index (χ3v) is 3.76. The van der Waals surface area contributed by atoms with Crippen molar-refractivity contribution < 1.29 is 19.2 Å². The summed E-state index contributed by atoms with van der Waals surface area (Å²) in [5.74, 6) is -0.272. The van der Waals surface area contributed by atoms with Crippen LogP contribution in [0, 0.1) is 5.92 Å². The first-order valence-electron chi connectivity index (χ1n) is 6.70. The highest BCUT2D eigenvalue weighted by Crippen LogP contribution is 2.37. The van der Waals surface area contributed by atoms with E-state index in [1.165, 1.54) is 0 Å². The van der Waals surface area contributed by atoms with Crippen LogP contribution in [0.1, 0.15) is 50.2 Å². The topological polar surface area (TPSA) is 85.5 Å². The maximum absolute atomic E-state index is 11.3. The smallest absolute Gasteiger partial charge is 0.307 e. The Morgan fingerprint density at radius 2 is 2.26 bits per heavy atom. The largest absolute Gasteiger partial charge is 0.481 e. The van der Waals surface area contributed by atoms with Crippen molar-refractivity contribution in [3.8, 4) is 0 Å². The molecule has 0 amide bonds. The second-order valence-corrected chi connectivity index (χ2v) is 5.13. The number of carboxylic acid groups (broad SMARTS) is 1. The van der Waals surface area contributed by atoms with Gasteiger partial charge in [0.15, 0.2) is 5.82 Å². The second-order valence-electron chi connectivity index (χ2n) is 5.13. The summed E-state index contributed by atoms with van der Waals surface area (Å²) in [7, 11) is 1.63. The molecule has 19 heavy (non-hydrogen) atoms. The van der Waals surface area contributed by atoms with Gasteiger partial charge in [-0.05, 0) is 19.8 Å². The van der Waals surface area contributed by atoms with E-state index in [9.17, 15) is 9.90 Å². The van der Waals surface area contributed by atoms with Gasteiger partial charge in [0.25, 0.3) is 0 Å². The van der Waals surface area contributed by atoms with E-state index in [0.717, 1.165) is 19.3 Å². The van der Waals surface area contributed by atoms with Crippen LogP contribution in [0.2, 0.25) is 0 Å². The Morgan fingerprint density at radius 1 is 1.53 bits per heavy atom. The maximum atomic E-state index is 11.3. The summed E-state index contributed by atoms with van der Waals surface area (Å²) in [5, 5.41) is 13.2. The van der Waals surface area contributed by atoms with Crippen LogP contribution >= 0.6 is 0 Å². The van der Waals surface area contributed by atoms with E-state index in [0.29, 0.717) is 24.6 Å². The molecule has 1 aliphatic carbocycles. The summed E-state index contributed by atoms with van der Waals surface area (Å²) in [6.07, 6.45) is 4.05. The molecule has 1 aliphatic rings. The van der Waals surface area contributed by atoms with E-state index in [-0.39, 0.29) is 12.0 Å². The molecule has 3 atom stereocenters. The Morgan fingerprint density at radius 3 is 2.95 bits per heavy atom. The van der Waals surface area contributed by atoms with Crippen molar-refractivity contribution >= 4 is 5.97 Å². The van der Waals surface area contributed by atoms with Gasteiger partial charge in [-0.25, -0.2) is 0 Å². The number of aliphatic carboxylic acids is 1. The van der Waals surface area contributed by atoms with Crippen molar-refractivity contribution in [3.05, 3.63) is 11.7 Å². The van der Waals surface area contributed by atoms with Gasteiger partial charge in [-0.1, -0.05) is 18.0 Å². The second kappa shape index (κ2) is 6.14. The minimum Gasteiger partial charge on any atom is -0.481 e. The van der Waals surface area contributed by atoms with E-state index in [2.05, 4.69) is 10.1 Å². The van der Waals surface area contributed by atoms with Crippen LogP contribution in [-0.2, 0) is 16.0 Å². The lowest BCUT2D eigenvalue weighted by Gasteiger charge is -2.25. The molecule has 6 nitrogen and oxygen atoms in total. The van der Waals surface area contributed by atoms with Crippen LogP contribution in [0.25, 0.3) is 0 Å². The van der Waals surface area contributed by atoms with Crippen molar-refractivity contribution in [2.45, 2.75) is 51.0 Å². The average molecular weight is 268 g/mol. The molecule has 0 radical (unpaired) electrons. The van der Waals surface area contributed by atoms with Gasteiger partial charge in [-0.2, -0.15) is 4.98 Å². The zero-order valence-corrected chi connectivity index (χ0v) is 11.3. The molecule has 1 fully saturated rings. The maximum Gasteiger partial charge on any atom is 0.307 e. The molecule has 3 unspecified atom stereocenters. The molecule has 1 saturated carbocycles. The Hall–Kier alpha value is -1.43.